The molecule has 2 nitrogen and oxygen atoms in total. The van der Waals surface area contributed by atoms with Crippen molar-refractivity contribution in [3.8, 4) is 0 Å². The van der Waals surface area contributed by atoms with Gasteiger partial charge in [-0.15, -0.1) is 0 Å². The van der Waals surface area contributed by atoms with Gasteiger partial charge in [-0.05, 0) is 56.8 Å². The molecule has 2 fully saturated rings. The molecule has 0 unspecified atom stereocenters. The smallest absolute Gasteiger partial charge is 0.309 e. The summed E-state index contributed by atoms with van der Waals surface area (Å²) in [6.07, 6.45) is 6.89. The normalized spacial score (nSPS) is 36.6. The summed E-state index contributed by atoms with van der Waals surface area (Å²) >= 11 is 0. The highest BCUT2D eigenvalue weighted by atomic mass is 16.5. The van der Waals surface area contributed by atoms with E-state index in [0.29, 0.717) is 23.7 Å². The number of rotatable bonds is 4. The Balaban J connectivity index is 1.90. The quantitative estimate of drug-likeness (QED) is 0.555. The summed E-state index contributed by atoms with van der Waals surface area (Å²) in [6, 6.07) is 0. The van der Waals surface area contributed by atoms with Crippen molar-refractivity contribution in [2.45, 2.75) is 66.4 Å². The topological polar surface area (TPSA) is 26.3 Å². The minimum atomic E-state index is 0.0530. The molecule has 0 heterocycles. The molecule has 0 N–H and O–H groups in total. The maximum absolute atomic E-state index is 12.3. The second-order valence-electron chi connectivity index (χ2n) is 7.55. The first-order chi connectivity index (χ1) is 9.38. The molecule has 2 aliphatic carbocycles. The predicted molar refractivity (Wildman–Crippen MR) is 82.3 cm³/mol. The Hall–Kier alpha value is -0.790. The summed E-state index contributed by atoms with van der Waals surface area (Å²) in [5.74, 6) is 2.47. The lowest BCUT2D eigenvalue weighted by Crippen LogP contribution is -2.36. The fourth-order valence-electron chi connectivity index (χ4n) is 3.58. The Kier molecular flexibility index (Phi) is 4.93. The highest BCUT2D eigenvalue weighted by molar-refractivity contribution is 5.76. The van der Waals surface area contributed by atoms with Crippen molar-refractivity contribution in [2.24, 2.45) is 29.6 Å². The average molecular weight is 278 g/mol. The van der Waals surface area contributed by atoms with Gasteiger partial charge in [-0.1, -0.05) is 38.8 Å². The van der Waals surface area contributed by atoms with Gasteiger partial charge in [0.15, 0.2) is 0 Å². The maximum atomic E-state index is 12.3. The number of hydrogen-bond donors (Lipinski definition) is 0. The molecule has 0 amide bonds. The van der Waals surface area contributed by atoms with Gasteiger partial charge in [0.1, 0.15) is 6.10 Å². The van der Waals surface area contributed by atoms with Crippen LogP contribution in [0.4, 0.5) is 0 Å². The standard InChI is InChI=1S/C18H30O2/c1-11(2)8-14-10-16(14)18(19)20-17-9-13(5)6-7-15(17)12(3)4/h8,12-17H,6-7,9-10H2,1-5H3/t13-,14-,15+,16-,17-/m1/s1. The lowest BCUT2D eigenvalue weighted by molar-refractivity contribution is -0.157. The molecule has 2 saturated carbocycles. The summed E-state index contributed by atoms with van der Waals surface area (Å²) in [5, 5.41) is 0. The van der Waals surface area contributed by atoms with Gasteiger partial charge in [-0.3, -0.25) is 4.79 Å². The first kappa shape index (κ1) is 15.6. The molecular formula is C18H30O2. The number of allylic oxidation sites excluding steroid dienone is 2. The van der Waals surface area contributed by atoms with Crippen LogP contribution in [-0.2, 0) is 9.53 Å². The van der Waals surface area contributed by atoms with Crippen LogP contribution >= 0.6 is 0 Å². The molecule has 2 rings (SSSR count). The molecule has 2 aliphatic rings. The fraction of sp³-hybridized carbons (Fsp3) is 0.833. The zero-order valence-electron chi connectivity index (χ0n) is 13.7. The largest absolute Gasteiger partial charge is 0.462 e. The van der Waals surface area contributed by atoms with Crippen molar-refractivity contribution in [3.05, 3.63) is 11.6 Å². The molecular weight excluding hydrogens is 248 g/mol. The van der Waals surface area contributed by atoms with Crippen LogP contribution in [0.3, 0.4) is 0 Å². The van der Waals surface area contributed by atoms with E-state index in [1.165, 1.54) is 18.4 Å². The summed E-state index contributed by atoms with van der Waals surface area (Å²) in [4.78, 5) is 12.3. The van der Waals surface area contributed by atoms with E-state index in [4.69, 9.17) is 4.74 Å². The summed E-state index contributed by atoms with van der Waals surface area (Å²) in [7, 11) is 0. The Labute approximate surface area is 124 Å². The zero-order chi connectivity index (χ0) is 14.9. The lowest BCUT2D eigenvalue weighted by atomic mass is 9.75. The van der Waals surface area contributed by atoms with Crippen LogP contribution in [0.5, 0.6) is 0 Å². The molecule has 0 saturated heterocycles. The molecule has 0 aromatic heterocycles. The summed E-state index contributed by atoms with van der Waals surface area (Å²) in [5.41, 5.74) is 1.30. The Morgan fingerprint density at radius 2 is 1.90 bits per heavy atom. The Morgan fingerprint density at radius 3 is 2.50 bits per heavy atom. The molecule has 0 aliphatic heterocycles. The van der Waals surface area contributed by atoms with Gasteiger partial charge in [0, 0.05) is 0 Å². The van der Waals surface area contributed by atoms with E-state index in [-0.39, 0.29) is 18.0 Å². The SMILES string of the molecule is CC(C)=C[C@@H]1C[C@H]1C(=O)O[C@@H]1C[C@H](C)CC[C@H]1C(C)C. The molecule has 0 aromatic rings. The van der Waals surface area contributed by atoms with Crippen LogP contribution in [0.25, 0.3) is 0 Å². The van der Waals surface area contributed by atoms with Gasteiger partial charge in [-0.25, -0.2) is 0 Å². The Morgan fingerprint density at radius 1 is 1.20 bits per heavy atom. The van der Waals surface area contributed by atoms with Crippen molar-refractivity contribution in [3.63, 3.8) is 0 Å². The fourth-order valence-corrected chi connectivity index (χ4v) is 3.58. The lowest BCUT2D eigenvalue weighted by Gasteiger charge is -2.36. The van der Waals surface area contributed by atoms with Crippen molar-refractivity contribution in [1.29, 1.82) is 0 Å². The number of ether oxygens (including phenoxy) is 1. The van der Waals surface area contributed by atoms with Gasteiger partial charge < -0.3 is 4.74 Å². The van der Waals surface area contributed by atoms with E-state index < -0.39 is 0 Å². The van der Waals surface area contributed by atoms with E-state index in [0.717, 1.165) is 12.8 Å². The van der Waals surface area contributed by atoms with Crippen LogP contribution in [-0.4, -0.2) is 12.1 Å². The minimum Gasteiger partial charge on any atom is -0.462 e. The molecule has 0 bridgehead atoms. The summed E-state index contributed by atoms with van der Waals surface area (Å²) in [6.45, 7) is 11.0. The predicted octanol–water partition coefficient (Wildman–Crippen LogP) is 4.59. The van der Waals surface area contributed by atoms with Gasteiger partial charge in [0.2, 0.25) is 0 Å². The van der Waals surface area contributed by atoms with Crippen molar-refractivity contribution in [1.82, 2.24) is 0 Å². The van der Waals surface area contributed by atoms with E-state index in [9.17, 15) is 4.79 Å². The van der Waals surface area contributed by atoms with Crippen LogP contribution in [0, 0.1) is 29.6 Å². The van der Waals surface area contributed by atoms with E-state index >= 15 is 0 Å². The first-order valence-corrected chi connectivity index (χ1v) is 8.24. The second-order valence-corrected chi connectivity index (χ2v) is 7.55. The van der Waals surface area contributed by atoms with E-state index in [1.54, 1.807) is 0 Å². The number of hydrogen-bond acceptors (Lipinski definition) is 2. The zero-order valence-corrected chi connectivity index (χ0v) is 13.7. The number of carbonyl (C=O) groups is 1. The third-order valence-electron chi connectivity index (χ3n) is 4.92. The van der Waals surface area contributed by atoms with Gasteiger partial charge in [0.25, 0.3) is 0 Å². The van der Waals surface area contributed by atoms with Crippen LogP contribution in [0.15, 0.2) is 11.6 Å². The van der Waals surface area contributed by atoms with Crippen LogP contribution in [0.1, 0.15) is 60.3 Å². The molecule has 0 radical (unpaired) electrons. The molecule has 114 valence electrons. The van der Waals surface area contributed by atoms with Crippen molar-refractivity contribution >= 4 is 5.97 Å². The maximum Gasteiger partial charge on any atom is 0.309 e. The minimum absolute atomic E-state index is 0.0530. The molecule has 5 atom stereocenters. The second kappa shape index (κ2) is 6.32. The molecule has 2 heteroatoms. The van der Waals surface area contributed by atoms with Crippen LogP contribution in [0.2, 0.25) is 0 Å². The van der Waals surface area contributed by atoms with Crippen molar-refractivity contribution in [2.75, 3.05) is 0 Å². The first-order valence-electron chi connectivity index (χ1n) is 8.24. The molecule has 0 spiro atoms. The Bertz CT molecular complexity index is 379. The number of esters is 1. The monoisotopic (exact) mass is 278 g/mol. The summed E-state index contributed by atoms with van der Waals surface area (Å²) < 4.78 is 5.90. The van der Waals surface area contributed by atoms with E-state index in [2.05, 4.69) is 40.7 Å². The number of carbonyl (C=O) groups excluding carboxylic acids is 1. The van der Waals surface area contributed by atoms with Gasteiger partial charge in [-0.2, -0.15) is 0 Å². The third-order valence-corrected chi connectivity index (χ3v) is 4.92. The molecule has 0 aromatic carbocycles. The van der Waals surface area contributed by atoms with Crippen LogP contribution < -0.4 is 0 Å². The average Bonchev–Trinajstić information content (AvgIpc) is 3.07. The van der Waals surface area contributed by atoms with E-state index in [1.807, 2.05) is 0 Å². The highest BCUT2D eigenvalue weighted by Gasteiger charge is 2.44. The van der Waals surface area contributed by atoms with Crippen molar-refractivity contribution < 1.29 is 9.53 Å². The molecule has 20 heavy (non-hydrogen) atoms. The van der Waals surface area contributed by atoms with Gasteiger partial charge >= 0.3 is 5.97 Å². The third kappa shape index (κ3) is 3.86. The van der Waals surface area contributed by atoms with Gasteiger partial charge in [0.05, 0.1) is 5.92 Å². The highest BCUT2D eigenvalue weighted by Crippen LogP contribution is 2.43.